The number of carbonyl (C=O) groups is 2. The SMILES string of the molecule is CCN(CC(=O)Nc1ccccc1C(F)(F)F)C(=O)[C@@H](N)C(C)(C)C.Cl. The number of rotatable bonds is 5. The summed E-state index contributed by atoms with van der Waals surface area (Å²) in [4.78, 5) is 25.7. The molecule has 0 spiro atoms. The molecule has 9 heteroatoms. The van der Waals surface area contributed by atoms with Crippen LogP contribution in [0, 0.1) is 5.41 Å². The van der Waals surface area contributed by atoms with Crippen LogP contribution in [0.1, 0.15) is 33.3 Å². The normalized spacial score (nSPS) is 12.8. The molecule has 2 amide bonds. The molecule has 1 atom stereocenters. The Morgan fingerprint density at radius 2 is 1.73 bits per heavy atom. The number of amides is 2. The van der Waals surface area contributed by atoms with E-state index in [4.69, 9.17) is 5.73 Å². The summed E-state index contributed by atoms with van der Waals surface area (Å²) in [6.45, 7) is 6.90. The van der Waals surface area contributed by atoms with Gasteiger partial charge in [-0.3, -0.25) is 9.59 Å². The number of benzene rings is 1. The van der Waals surface area contributed by atoms with Crippen LogP contribution >= 0.6 is 12.4 Å². The van der Waals surface area contributed by atoms with E-state index in [0.717, 1.165) is 6.07 Å². The molecule has 1 aromatic carbocycles. The number of nitrogens with two attached hydrogens (primary N) is 1. The van der Waals surface area contributed by atoms with E-state index < -0.39 is 35.0 Å². The monoisotopic (exact) mass is 395 g/mol. The maximum Gasteiger partial charge on any atom is 0.418 e. The number of alkyl halides is 3. The van der Waals surface area contributed by atoms with Gasteiger partial charge in [-0.2, -0.15) is 13.2 Å². The second kappa shape index (κ2) is 9.23. The minimum absolute atomic E-state index is 0. The van der Waals surface area contributed by atoms with Crippen molar-refractivity contribution in [2.75, 3.05) is 18.4 Å². The van der Waals surface area contributed by atoms with Gasteiger partial charge >= 0.3 is 6.18 Å². The van der Waals surface area contributed by atoms with Crippen molar-refractivity contribution in [2.45, 2.75) is 39.9 Å². The molecule has 3 N–H and O–H groups in total. The second-order valence-electron chi connectivity index (χ2n) is 6.79. The zero-order chi connectivity index (χ0) is 19.4. The molecule has 0 saturated carbocycles. The summed E-state index contributed by atoms with van der Waals surface area (Å²) in [6.07, 6.45) is -4.58. The maximum absolute atomic E-state index is 13.0. The molecule has 1 rings (SSSR count). The average molecular weight is 396 g/mol. The lowest BCUT2D eigenvalue weighted by Gasteiger charge is -2.31. The molecule has 0 unspecified atom stereocenters. The number of nitrogens with zero attached hydrogens (tertiary/aromatic N) is 1. The van der Waals surface area contributed by atoms with E-state index in [1.165, 1.54) is 23.1 Å². The molecule has 148 valence electrons. The van der Waals surface area contributed by atoms with Gasteiger partial charge in [-0.25, -0.2) is 0 Å². The van der Waals surface area contributed by atoms with E-state index in [9.17, 15) is 22.8 Å². The van der Waals surface area contributed by atoms with Crippen LogP contribution in [-0.2, 0) is 15.8 Å². The fourth-order valence-electron chi connectivity index (χ4n) is 2.12. The first-order valence-corrected chi connectivity index (χ1v) is 7.88. The maximum atomic E-state index is 13.0. The Bertz CT molecular complexity index is 630. The predicted octanol–water partition coefficient (Wildman–Crippen LogP) is 3.29. The van der Waals surface area contributed by atoms with E-state index in [0.29, 0.717) is 0 Å². The van der Waals surface area contributed by atoms with Crippen molar-refractivity contribution in [3.63, 3.8) is 0 Å². The van der Waals surface area contributed by atoms with Gasteiger partial charge < -0.3 is 16.0 Å². The quantitative estimate of drug-likeness (QED) is 0.803. The lowest BCUT2D eigenvalue weighted by Crippen LogP contribution is -2.52. The molecule has 0 heterocycles. The van der Waals surface area contributed by atoms with Crippen LogP contribution in [0.25, 0.3) is 0 Å². The third-order valence-corrected chi connectivity index (χ3v) is 3.73. The highest BCUT2D eigenvalue weighted by atomic mass is 35.5. The van der Waals surface area contributed by atoms with Gasteiger partial charge in [0.05, 0.1) is 23.8 Å². The van der Waals surface area contributed by atoms with Gasteiger partial charge in [0.15, 0.2) is 0 Å². The molecule has 0 fully saturated rings. The number of nitrogens with one attached hydrogen (secondary N) is 1. The van der Waals surface area contributed by atoms with Crippen LogP contribution in [0.4, 0.5) is 18.9 Å². The van der Waals surface area contributed by atoms with E-state index in [1.54, 1.807) is 27.7 Å². The summed E-state index contributed by atoms with van der Waals surface area (Å²) in [5, 5.41) is 2.22. The van der Waals surface area contributed by atoms with Crippen molar-refractivity contribution in [1.29, 1.82) is 0 Å². The lowest BCUT2D eigenvalue weighted by molar-refractivity contribution is -0.138. The fourth-order valence-corrected chi connectivity index (χ4v) is 2.12. The molecule has 0 saturated heterocycles. The summed E-state index contributed by atoms with van der Waals surface area (Å²) in [7, 11) is 0. The molecule has 1 aromatic rings. The van der Waals surface area contributed by atoms with Crippen molar-refractivity contribution >= 4 is 29.9 Å². The highest BCUT2D eigenvalue weighted by Gasteiger charge is 2.34. The van der Waals surface area contributed by atoms with Gasteiger partial charge in [-0.05, 0) is 24.5 Å². The number of para-hydroxylation sites is 1. The molecule has 0 aliphatic heterocycles. The van der Waals surface area contributed by atoms with Gasteiger partial charge in [0.1, 0.15) is 0 Å². The molecule has 0 radical (unpaired) electrons. The molecule has 0 aliphatic carbocycles. The first kappa shape index (κ1) is 24.2. The summed E-state index contributed by atoms with van der Waals surface area (Å²) in [5.74, 6) is -1.14. The Kier molecular flexibility index (Phi) is 8.59. The zero-order valence-electron chi connectivity index (χ0n) is 15.2. The number of hydrogen-bond acceptors (Lipinski definition) is 3. The first-order chi connectivity index (χ1) is 11.4. The smallest absolute Gasteiger partial charge is 0.332 e. The van der Waals surface area contributed by atoms with Crippen LogP contribution in [0.2, 0.25) is 0 Å². The Morgan fingerprint density at radius 1 is 1.19 bits per heavy atom. The highest BCUT2D eigenvalue weighted by Crippen LogP contribution is 2.34. The molecule has 0 aromatic heterocycles. The largest absolute Gasteiger partial charge is 0.418 e. The lowest BCUT2D eigenvalue weighted by atomic mass is 9.86. The van der Waals surface area contributed by atoms with Gasteiger partial charge in [-0.15, -0.1) is 12.4 Å². The van der Waals surface area contributed by atoms with E-state index in [-0.39, 0.29) is 31.2 Å². The Hall–Kier alpha value is -1.80. The molecule has 0 aliphatic rings. The minimum atomic E-state index is -4.58. The van der Waals surface area contributed by atoms with Crippen LogP contribution < -0.4 is 11.1 Å². The fraction of sp³-hybridized carbons (Fsp3) is 0.529. The van der Waals surface area contributed by atoms with Crippen LogP contribution in [0.3, 0.4) is 0 Å². The first-order valence-electron chi connectivity index (χ1n) is 7.88. The summed E-state index contributed by atoms with van der Waals surface area (Å²) < 4.78 is 38.9. The van der Waals surface area contributed by atoms with Crippen LogP contribution in [-0.4, -0.2) is 35.8 Å². The van der Waals surface area contributed by atoms with Crippen molar-refractivity contribution in [3.05, 3.63) is 29.8 Å². The average Bonchev–Trinajstić information content (AvgIpc) is 2.49. The second-order valence-corrected chi connectivity index (χ2v) is 6.79. The number of anilines is 1. The number of likely N-dealkylation sites (N-methyl/N-ethyl adjacent to an activating group) is 1. The highest BCUT2D eigenvalue weighted by molar-refractivity contribution is 5.96. The third-order valence-electron chi connectivity index (χ3n) is 3.73. The van der Waals surface area contributed by atoms with Crippen LogP contribution in [0.5, 0.6) is 0 Å². The van der Waals surface area contributed by atoms with E-state index >= 15 is 0 Å². The molecule has 5 nitrogen and oxygen atoms in total. The van der Waals surface area contributed by atoms with Crippen molar-refractivity contribution in [1.82, 2.24) is 4.90 Å². The van der Waals surface area contributed by atoms with Crippen LogP contribution in [0.15, 0.2) is 24.3 Å². The summed E-state index contributed by atoms with van der Waals surface area (Å²) >= 11 is 0. The number of hydrogen-bond donors (Lipinski definition) is 2. The number of halogens is 4. The summed E-state index contributed by atoms with van der Waals surface area (Å²) in [5.41, 5.74) is 4.13. The summed E-state index contributed by atoms with van der Waals surface area (Å²) in [6, 6.07) is 3.86. The van der Waals surface area contributed by atoms with Crippen molar-refractivity contribution in [3.8, 4) is 0 Å². The standard InChI is InChI=1S/C17H24F3N3O2.ClH/c1-5-23(15(25)14(21)16(2,3)4)10-13(24)22-12-9-7-6-8-11(12)17(18,19)20;/h6-9,14H,5,10,21H2,1-4H3,(H,22,24);1H/t14-;/m1./s1. The Balaban J connectivity index is 0.00000625. The minimum Gasteiger partial charge on any atom is -0.332 e. The van der Waals surface area contributed by atoms with Crippen molar-refractivity contribution in [2.24, 2.45) is 11.1 Å². The van der Waals surface area contributed by atoms with Gasteiger partial charge in [-0.1, -0.05) is 32.9 Å². The van der Waals surface area contributed by atoms with Gasteiger partial charge in [0, 0.05) is 6.54 Å². The molecular formula is C17H25ClF3N3O2. The molecular weight excluding hydrogens is 371 g/mol. The predicted molar refractivity (Wildman–Crippen MR) is 97.0 cm³/mol. The molecule has 26 heavy (non-hydrogen) atoms. The zero-order valence-corrected chi connectivity index (χ0v) is 16.0. The van der Waals surface area contributed by atoms with Crippen molar-refractivity contribution < 1.29 is 22.8 Å². The number of carbonyl (C=O) groups excluding carboxylic acids is 2. The molecule has 0 bridgehead atoms. The van der Waals surface area contributed by atoms with E-state index in [1.807, 2.05) is 0 Å². The topological polar surface area (TPSA) is 75.4 Å². The third kappa shape index (κ3) is 6.49. The Labute approximate surface area is 157 Å². The van der Waals surface area contributed by atoms with Gasteiger partial charge in [0.2, 0.25) is 11.8 Å². The van der Waals surface area contributed by atoms with E-state index in [2.05, 4.69) is 5.32 Å². The van der Waals surface area contributed by atoms with Gasteiger partial charge in [0.25, 0.3) is 0 Å². The Morgan fingerprint density at radius 3 is 2.19 bits per heavy atom.